The smallest absolute Gasteiger partial charge is 0.0624 e. The maximum absolute atomic E-state index is 8.99. The molecule has 0 amide bonds. The van der Waals surface area contributed by atoms with Crippen molar-refractivity contribution >= 4 is 0 Å². The van der Waals surface area contributed by atoms with Gasteiger partial charge in [0, 0.05) is 0 Å². The highest BCUT2D eigenvalue weighted by Crippen LogP contribution is 2.27. The Kier molecular flexibility index (Phi) is 2.34. The minimum Gasteiger partial charge on any atom is -0.394 e. The molecule has 0 spiro atoms. The van der Waals surface area contributed by atoms with E-state index in [1.807, 2.05) is 12.1 Å². The van der Waals surface area contributed by atoms with Gasteiger partial charge in [0.25, 0.3) is 0 Å². The quantitative estimate of drug-likeness (QED) is 0.712. The maximum atomic E-state index is 8.99. The monoisotopic (exact) mass is 177 g/mol. The lowest BCUT2D eigenvalue weighted by atomic mass is 9.98. The molecule has 1 aliphatic rings. The number of nitrogens with two attached hydrogens (primary N) is 1. The highest BCUT2D eigenvalue weighted by molar-refractivity contribution is 5.40. The summed E-state index contributed by atoms with van der Waals surface area (Å²) in [5.74, 6) is 0. The first-order chi connectivity index (χ1) is 6.33. The van der Waals surface area contributed by atoms with Gasteiger partial charge in [-0.05, 0) is 36.0 Å². The van der Waals surface area contributed by atoms with Gasteiger partial charge >= 0.3 is 0 Å². The average molecular weight is 177 g/mol. The summed E-state index contributed by atoms with van der Waals surface area (Å²) in [5.41, 5.74) is 9.75. The molecule has 0 fully saturated rings. The number of fused-ring (bicyclic) bond motifs is 1. The summed E-state index contributed by atoms with van der Waals surface area (Å²) in [4.78, 5) is 0. The van der Waals surface area contributed by atoms with Crippen molar-refractivity contribution in [2.24, 2.45) is 5.73 Å². The van der Waals surface area contributed by atoms with Crippen LogP contribution < -0.4 is 5.73 Å². The Morgan fingerprint density at radius 2 is 2.23 bits per heavy atom. The molecular formula is C11H15NO. The van der Waals surface area contributed by atoms with Crippen molar-refractivity contribution in [3.63, 3.8) is 0 Å². The summed E-state index contributed by atoms with van der Waals surface area (Å²) in [5, 5.41) is 8.99. The third-order valence-corrected chi connectivity index (χ3v) is 2.78. The van der Waals surface area contributed by atoms with Crippen molar-refractivity contribution in [3.8, 4) is 0 Å². The van der Waals surface area contributed by atoms with E-state index in [0.29, 0.717) is 0 Å². The zero-order chi connectivity index (χ0) is 9.26. The number of aliphatic hydroxyl groups is 1. The van der Waals surface area contributed by atoms with Crippen LogP contribution in [0.25, 0.3) is 0 Å². The Balaban J connectivity index is 2.41. The minimum atomic E-state index is -0.201. The number of rotatable bonds is 2. The molecular weight excluding hydrogens is 162 g/mol. The van der Waals surface area contributed by atoms with Gasteiger partial charge in [0.05, 0.1) is 12.6 Å². The molecule has 0 bridgehead atoms. The molecule has 0 aliphatic heterocycles. The van der Waals surface area contributed by atoms with Crippen LogP contribution in [0.1, 0.15) is 29.2 Å². The summed E-state index contributed by atoms with van der Waals surface area (Å²) < 4.78 is 0. The highest BCUT2D eigenvalue weighted by Gasteiger charge is 2.17. The first-order valence-corrected chi connectivity index (χ1v) is 4.80. The van der Waals surface area contributed by atoms with Crippen LogP contribution in [0.5, 0.6) is 0 Å². The second-order valence-corrected chi connectivity index (χ2v) is 3.63. The first kappa shape index (κ1) is 8.73. The molecule has 3 N–H and O–H groups in total. The minimum absolute atomic E-state index is 0.0381. The van der Waals surface area contributed by atoms with Gasteiger partial charge in [0.2, 0.25) is 0 Å². The molecule has 1 aliphatic carbocycles. The van der Waals surface area contributed by atoms with E-state index in [4.69, 9.17) is 10.8 Å². The van der Waals surface area contributed by atoms with E-state index in [1.54, 1.807) is 0 Å². The summed E-state index contributed by atoms with van der Waals surface area (Å²) in [7, 11) is 0. The lowest BCUT2D eigenvalue weighted by Crippen LogP contribution is -2.16. The molecule has 2 nitrogen and oxygen atoms in total. The predicted octanol–water partition coefficient (Wildman–Crippen LogP) is 1.17. The zero-order valence-corrected chi connectivity index (χ0v) is 7.66. The molecule has 0 radical (unpaired) electrons. The second kappa shape index (κ2) is 3.48. The van der Waals surface area contributed by atoms with Crippen LogP contribution in [-0.4, -0.2) is 11.7 Å². The molecule has 1 unspecified atom stereocenters. The average Bonchev–Trinajstić information content (AvgIpc) is 2.63. The van der Waals surface area contributed by atoms with Crippen molar-refractivity contribution in [2.45, 2.75) is 25.3 Å². The molecule has 2 rings (SSSR count). The molecule has 1 atom stereocenters. The number of aryl methyl sites for hydroxylation is 1. The summed E-state index contributed by atoms with van der Waals surface area (Å²) in [6.07, 6.45) is 3.52. The van der Waals surface area contributed by atoms with Gasteiger partial charge in [-0.1, -0.05) is 18.2 Å². The van der Waals surface area contributed by atoms with E-state index in [-0.39, 0.29) is 12.6 Å². The number of hydrogen-bond acceptors (Lipinski definition) is 2. The van der Waals surface area contributed by atoms with Crippen LogP contribution in [0.3, 0.4) is 0 Å². The summed E-state index contributed by atoms with van der Waals surface area (Å²) >= 11 is 0. The largest absolute Gasteiger partial charge is 0.394 e. The van der Waals surface area contributed by atoms with Crippen LogP contribution in [0, 0.1) is 0 Å². The molecule has 2 heteroatoms. The Hall–Kier alpha value is -0.860. The predicted molar refractivity (Wildman–Crippen MR) is 52.5 cm³/mol. The van der Waals surface area contributed by atoms with Crippen LogP contribution >= 0.6 is 0 Å². The van der Waals surface area contributed by atoms with Crippen LogP contribution in [-0.2, 0) is 12.8 Å². The van der Waals surface area contributed by atoms with Gasteiger partial charge in [-0.2, -0.15) is 0 Å². The third-order valence-electron chi connectivity index (χ3n) is 2.78. The second-order valence-electron chi connectivity index (χ2n) is 3.63. The van der Waals surface area contributed by atoms with Crippen LogP contribution in [0.4, 0.5) is 0 Å². The lowest BCUT2D eigenvalue weighted by Gasteiger charge is -2.13. The zero-order valence-electron chi connectivity index (χ0n) is 7.66. The van der Waals surface area contributed by atoms with Crippen molar-refractivity contribution < 1.29 is 5.11 Å². The third kappa shape index (κ3) is 1.47. The highest BCUT2D eigenvalue weighted by atomic mass is 16.3. The van der Waals surface area contributed by atoms with Gasteiger partial charge in [-0.25, -0.2) is 0 Å². The Morgan fingerprint density at radius 3 is 3.00 bits per heavy atom. The van der Waals surface area contributed by atoms with Crippen molar-refractivity contribution in [2.75, 3.05) is 6.61 Å². The van der Waals surface area contributed by atoms with Gasteiger partial charge in [0.15, 0.2) is 0 Å². The van der Waals surface area contributed by atoms with Crippen molar-refractivity contribution in [3.05, 3.63) is 34.9 Å². The number of hydrogen-bond donors (Lipinski definition) is 2. The molecule has 0 saturated carbocycles. The number of aliphatic hydroxyl groups excluding tert-OH is 1. The fraction of sp³-hybridized carbons (Fsp3) is 0.455. The molecule has 70 valence electrons. The topological polar surface area (TPSA) is 46.2 Å². The van der Waals surface area contributed by atoms with E-state index in [2.05, 4.69) is 6.07 Å². The van der Waals surface area contributed by atoms with E-state index >= 15 is 0 Å². The lowest BCUT2D eigenvalue weighted by molar-refractivity contribution is 0.267. The molecule has 1 aromatic rings. The summed E-state index contributed by atoms with van der Waals surface area (Å²) in [6.45, 7) is 0.0381. The Labute approximate surface area is 78.4 Å². The SMILES string of the molecule is NC(CO)c1cccc2c1CCC2. The van der Waals surface area contributed by atoms with Gasteiger partial charge in [0.1, 0.15) is 0 Å². The van der Waals surface area contributed by atoms with Crippen molar-refractivity contribution in [1.82, 2.24) is 0 Å². The van der Waals surface area contributed by atoms with E-state index < -0.39 is 0 Å². The standard InChI is InChI=1S/C11H15NO/c12-11(7-13)10-6-2-4-8-3-1-5-9(8)10/h2,4,6,11,13H,1,3,5,7,12H2. The van der Waals surface area contributed by atoms with Crippen LogP contribution in [0.2, 0.25) is 0 Å². The molecule has 0 aromatic heterocycles. The first-order valence-electron chi connectivity index (χ1n) is 4.80. The Bertz CT molecular complexity index is 309. The molecule has 0 heterocycles. The Morgan fingerprint density at radius 1 is 1.38 bits per heavy atom. The number of benzene rings is 1. The summed E-state index contributed by atoms with van der Waals surface area (Å²) in [6, 6.07) is 6.03. The van der Waals surface area contributed by atoms with E-state index in [1.165, 1.54) is 24.0 Å². The van der Waals surface area contributed by atoms with Gasteiger partial charge in [-0.3, -0.25) is 0 Å². The van der Waals surface area contributed by atoms with Crippen LogP contribution in [0.15, 0.2) is 18.2 Å². The normalized spacial score (nSPS) is 17.1. The molecule has 0 saturated heterocycles. The van der Waals surface area contributed by atoms with E-state index in [9.17, 15) is 0 Å². The van der Waals surface area contributed by atoms with Gasteiger partial charge in [-0.15, -0.1) is 0 Å². The maximum Gasteiger partial charge on any atom is 0.0624 e. The molecule has 13 heavy (non-hydrogen) atoms. The van der Waals surface area contributed by atoms with E-state index in [0.717, 1.165) is 12.0 Å². The van der Waals surface area contributed by atoms with Gasteiger partial charge < -0.3 is 10.8 Å². The van der Waals surface area contributed by atoms with Crippen molar-refractivity contribution in [1.29, 1.82) is 0 Å². The molecule has 1 aromatic carbocycles. The fourth-order valence-electron chi connectivity index (χ4n) is 2.09. The fourth-order valence-corrected chi connectivity index (χ4v) is 2.09.